The van der Waals surface area contributed by atoms with Gasteiger partial charge < -0.3 is 39.9 Å². The summed E-state index contributed by atoms with van der Waals surface area (Å²) in [5.41, 5.74) is 0. The lowest BCUT2D eigenvalue weighted by molar-refractivity contribution is -0.220. The van der Waals surface area contributed by atoms with E-state index in [-0.39, 0.29) is 12.8 Å². The number of rotatable bonds is 41. The van der Waals surface area contributed by atoms with Crippen LogP contribution >= 0.6 is 7.82 Å². The first kappa shape index (κ1) is 59.1. The molecule has 13 nitrogen and oxygen atoms in total. The first-order chi connectivity index (χ1) is 30.4. The van der Waals surface area contributed by atoms with Gasteiger partial charge in [-0.15, -0.1) is 0 Å². The van der Waals surface area contributed by atoms with E-state index in [1.54, 1.807) is 0 Å². The highest BCUT2D eigenvalue weighted by molar-refractivity contribution is 7.47. The molecule has 0 radical (unpaired) electrons. The number of aliphatic hydroxyl groups is 5. The SMILES string of the molecule is CCCCC/C=C\C/C=C\CCCCCCCC(=O)OC(COC(=O)CCCCCCCCCCC/C=C\CCCCCCCC)COP(=O)(O)OC1C(O)C(O)C(O)C(O)C1O. The number of carbonyl (C=O) groups excluding carboxylic acids is 2. The van der Waals surface area contributed by atoms with E-state index in [0.717, 1.165) is 70.6 Å². The Hall–Kier alpha value is -1.93. The van der Waals surface area contributed by atoms with Crippen LogP contribution in [0.4, 0.5) is 0 Å². The molecule has 6 N–H and O–H groups in total. The fourth-order valence-electron chi connectivity index (χ4n) is 7.43. The maximum absolute atomic E-state index is 12.8. The summed E-state index contributed by atoms with van der Waals surface area (Å²) in [5, 5.41) is 50.2. The van der Waals surface area contributed by atoms with E-state index >= 15 is 0 Å². The Morgan fingerprint density at radius 2 is 0.857 bits per heavy atom. The van der Waals surface area contributed by atoms with Crippen LogP contribution in [0.5, 0.6) is 0 Å². The van der Waals surface area contributed by atoms with E-state index in [2.05, 4.69) is 50.3 Å². The van der Waals surface area contributed by atoms with Crippen molar-refractivity contribution in [2.24, 2.45) is 0 Å². The van der Waals surface area contributed by atoms with E-state index in [1.807, 2.05) is 0 Å². The largest absolute Gasteiger partial charge is 0.472 e. The van der Waals surface area contributed by atoms with Gasteiger partial charge in [-0.05, 0) is 70.6 Å². The molecule has 63 heavy (non-hydrogen) atoms. The average Bonchev–Trinajstić information content (AvgIpc) is 3.26. The summed E-state index contributed by atoms with van der Waals surface area (Å²) >= 11 is 0. The van der Waals surface area contributed by atoms with Crippen molar-refractivity contribution in [1.29, 1.82) is 0 Å². The van der Waals surface area contributed by atoms with Crippen LogP contribution in [-0.4, -0.2) is 98.3 Å². The third kappa shape index (κ3) is 31.6. The second kappa shape index (κ2) is 39.3. The van der Waals surface area contributed by atoms with Gasteiger partial charge in [0.25, 0.3) is 0 Å². The van der Waals surface area contributed by atoms with E-state index in [1.165, 1.54) is 96.3 Å². The van der Waals surface area contributed by atoms with Crippen LogP contribution in [0.15, 0.2) is 36.5 Å². The molecular formula is C49H89O13P. The zero-order valence-electron chi connectivity index (χ0n) is 39.1. The minimum Gasteiger partial charge on any atom is -0.462 e. The Labute approximate surface area is 380 Å². The van der Waals surface area contributed by atoms with Crippen molar-refractivity contribution in [3.05, 3.63) is 36.5 Å². The average molecular weight is 917 g/mol. The lowest BCUT2D eigenvalue weighted by atomic mass is 9.85. The predicted octanol–water partition coefficient (Wildman–Crippen LogP) is 10.2. The molecule has 1 aliphatic carbocycles. The molecule has 368 valence electrons. The highest BCUT2D eigenvalue weighted by atomic mass is 31.2. The molecule has 0 aromatic carbocycles. The third-order valence-corrected chi connectivity index (χ3v) is 12.4. The first-order valence-corrected chi connectivity index (χ1v) is 26.3. The number of aliphatic hydroxyl groups excluding tert-OH is 5. The van der Waals surface area contributed by atoms with Crippen LogP contribution in [0.3, 0.4) is 0 Å². The molecule has 0 aliphatic heterocycles. The number of unbranched alkanes of at least 4 members (excludes halogenated alkanes) is 23. The van der Waals surface area contributed by atoms with E-state index in [4.69, 9.17) is 18.5 Å². The number of ether oxygens (including phenoxy) is 2. The number of phosphoric acid groups is 1. The molecule has 6 unspecified atom stereocenters. The van der Waals surface area contributed by atoms with Crippen molar-refractivity contribution in [2.45, 2.75) is 249 Å². The summed E-state index contributed by atoms with van der Waals surface area (Å²) in [7, 11) is -5.12. The molecule has 0 spiro atoms. The fraction of sp³-hybridized carbons (Fsp3) is 0.837. The van der Waals surface area contributed by atoms with Crippen LogP contribution < -0.4 is 0 Å². The summed E-state index contributed by atoms with van der Waals surface area (Å²) in [5.74, 6) is -1.11. The third-order valence-electron chi connectivity index (χ3n) is 11.5. The van der Waals surface area contributed by atoms with Crippen molar-refractivity contribution in [3.8, 4) is 0 Å². The summed E-state index contributed by atoms with van der Waals surface area (Å²) in [6.45, 7) is 3.27. The van der Waals surface area contributed by atoms with Gasteiger partial charge in [-0.25, -0.2) is 4.57 Å². The van der Waals surface area contributed by atoms with Gasteiger partial charge in [-0.3, -0.25) is 18.6 Å². The smallest absolute Gasteiger partial charge is 0.462 e. The van der Waals surface area contributed by atoms with Gasteiger partial charge in [0.05, 0.1) is 6.61 Å². The van der Waals surface area contributed by atoms with Gasteiger partial charge in [0.15, 0.2) is 6.10 Å². The molecule has 0 aromatic heterocycles. The van der Waals surface area contributed by atoms with E-state index in [9.17, 15) is 44.6 Å². The van der Waals surface area contributed by atoms with Crippen molar-refractivity contribution in [3.63, 3.8) is 0 Å². The molecule has 1 fully saturated rings. The zero-order valence-corrected chi connectivity index (χ0v) is 40.0. The molecule has 0 heterocycles. The molecule has 6 atom stereocenters. The van der Waals surface area contributed by atoms with Crippen LogP contribution in [0.2, 0.25) is 0 Å². The molecule has 0 amide bonds. The highest BCUT2D eigenvalue weighted by Crippen LogP contribution is 2.47. The number of hydrogen-bond donors (Lipinski definition) is 6. The van der Waals surface area contributed by atoms with Crippen molar-refractivity contribution in [2.75, 3.05) is 13.2 Å². The molecule has 1 saturated carbocycles. The Kier molecular flexibility index (Phi) is 36.8. The summed E-state index contributed by atoms with van der Waals surface area (Å²) in [4.78, 5) is 35.8. The number of hydrogen-bond acceptors (Lipinski definition) is 12. The molecule has 1 aliphatic rings. The number of allylic oxidation sites excluding steroid dienone is 6. The lowest BCUT2D eigenvalue weighted by Crippen LogP contribution is -2.64. The summed E-state index contributed by atoms with van der Waals surface area (Å²) < 4.78 is 33.6. The normalized spacial score (nSPS) is 22.0. The number of phosphoric ester groups is 1. The fourth-order valence-corrected chi connectivity index (χ4v) is 8.40. The molecule has 0 saturated heterocycles. The highest BCUT2D eigenvalue weighted by Gasteiger charge is 2.51. The minimum absolute atomic E-state index is 0.0808. The van der Waals surface area contributed by atoms with Crippen molar-refractivity contribution < 1.29 is 63.1 Å². The van der Waals surface area contributed by atoms with Gasteiger partial charge in [0.2, 0.25) is 0 Å². The summed E-state index contributed by atoms with van der Waals surface area (Å²) in [6.07, 6.45) is 31.9. The van der Waals surface area contributed by atoms with Crippen LogP contribution in [-0.2, 0) is 32.7 Å². The second-order valence-corrected chi connectivity index (χ2v) is 18.7. The van der Waals surface area contributed by atoms with Gasteiger partial charge in [0, 0.05) is 12.8 Å². The quantitative estimate of drug-likeness (QED) is 0.0146. The minimum atomic E-state index is -5.12. The summed E-state index contributed by atoms with van der Waals surface area (Å²) in [6, 6.07) is 0. The van der Waals surface area contributed by atoms with E-state index < -0.39 is 75.7 Å². The van der Waals surface area contributed by atoms with Gasteiger partial charge in [0.1, 0.15) is 43.2 Å². The van der Waals surface area contributed by atoms with E-state index in [0.29, 0.717) is 12.8 Å². The Bertz CT molecular complexity index is 1240. The van der Waals surface area contributed by atoms with Gasteiger partial charge in [-0.2, -0.15) is 0 Å². The Morgan fingerprint density at radius 3 is 1.33 bits per heavy atom. The molecule has 1 rings (SSSR count). The van der Waals surface area contributed by atoms with Crippen LogP contribution in [0.1, 0.15) is 206 Å². The van der Waals surface area contributed by atoms with Crippen molar-refractivity contribution in [1.82, 2.24) is 0 Å². The number of carbonyl (C=O) groups is 2. The Balaban J connectivity index is 2.42. The van der Waals surface area contributed by atoms with Gasteiger partial charge in [-0.1, -0.05) is 159 Å². The maximum atomic E-state index is 12.8. The van der Waals surface area contributed by atoms with Crippen LogP contribution in [0, 0.1) is 0 Å². The monoisotopic (exact) mass is 917 g/mol. The maximum Gasteiger partial charge on any atom is 0.472 e. The zero-order chi connectivity index (χ0) is 46.4. The lowest BCUT2D eigenvalue weighted by Gasteiger charge is -2.41. The second-order valence-electron chi connectivity index (χ2n) is 17.3. The first-order valence-electron chi connectivity index (χ1n) is 24.8. The standard InChI is InChI=1S/C49H89O13P/c1-3-5-7-9-11-13-15-17-19-20-21-22-24-25-27-29-31-33-35-37-42(50)59-39-41(40-60-63(57,58)62-49-47(55)45(53)44(52)46(54)48(49)56)61-43(51)38-36-34-32-30-28-26-23-18-16-14-12-10-8-6-4-2/h12,14,17-19,23,41,44-49,52-56H,3-11,13,15-16,20-22,24-40H2,1-2H3,(H,57,58)/b14-12-,19-17-,23-18-. The van der Waals surface area contributed by atoms with Crippen LogP contribution in [0.25, 0.3) is 0 Å². The number of esters is 2. The van der Waals surface area contributed by atoms with Crippen molar-refractivity contribution >= 4 is 19.8 Å². The molecule has 0 aromatic rings. The molecule has 14 heteroatoms. The molecule has 0 bridgehead atoms. The predicted molar refractivity (Wildman–Crippen MR) is 249 cm³/mol. The Morgan fingerprint density at radius 1 is 0.492 bits per heavy atom. The van der Waals surface area contributed by atoms with Gasteiger partial charge >= 0.3 is 19.8 Å². The molecular weight excluding hydrogens is 828 g/mol. The topological polar surface area (TPSA) is 210 Å².